The molecule has 0 saturated heterocycles. The van der Waals surface area contributed by atoms with E-state index in [1.165, 1.54) is 36.7 Å². The fraction of sp³-hybridized carbons (Fsp3) is 0.536. The van der Waals surface area contributed by atoms with Crippen LogP contribution in [0.3, 0.4) is 0 Å². The van der Waals surface area contributed by atoms with Crippen molar-refractivity contribution >= 4 is 37.8 Å². The Morgan fingerprint density at radius 1 is 1.16 bits per heavy atom. The number of methoxy groups -OCH3 is 1. The lowest BCUT2D eigenvalue weighted by Gasteiger charge is -2.22. The molecule has 0 saturated carbocycles. The van der Waals surface area contributed by atoms with Crippen LogP contribution < -0.4 is 9.04 Å². The van der Waals surface area contributed by atoms with E-state index in [-0.39, 0.29) is 43.7 Å². The zero-order valence-corrected chi connectivity index (χ0v) is 27.6. The Hall–Kier alpha value is -2.62. The summed E-state index contributed by atoms with van der Waals surface area (Å²) in [6, 6.07) is 3.81. The summed E-state index contributed by atoms with van der Waals surface area (Å²) >= 11 is 0.824. The molecule has 0 aliphatic rings. The summed E-state index contributed by atoms with van der Waals surface area (Å²) in [5.74, 6) is -1.17. The van der Waals surface area contributed by atoms with Crippen LogP contribution in [0.1, 0.15) is 57.7 Å². The fourth-order valence-corrected chi connectivity index (χ4v) is 5.53. The number of halogens is 1. The second kappa shape index (κ2) is 18.4. The molecule has 246 valence electrons. The maximum Gasteiger partial charge on any atom is 0.367 e. The first-order valence-electron chi connectivity index (χ1n) is 13.8. The third-order valence-electron chi connectivity index (χ3n) is 5.86. The Labute approximate surface area is 261 Å². The molecule has 2 atom stereocenters. The SMILES string of the molecule is CCOP(=O)(COc1cc(F)ccc1-c1nc(N(C)SOOC)nc(C(C)C)c1/C=C/[C@@H](O)C[C@@H](O)CC(=O)OC)OCC. The molecule has 2 rings (SSSR count). The Bertz CT molecular complexity index is 1290. The van der Waals surface area contributed by atoms with Crippen molar-refractivity contribution in [1.29, 1.82) is 0 Å². The molecule has 0 aliphatic carbocycles. The molecule has 0 bridgehead atoms. The van der Waals surface area contributed by atoms with Gasteiger partial charge in [0.1, 0.15) is 11.6 Å². The van der Waals surface area contributed by atoms with Crippen LogP contribution in [-0.4, -0.2) is 79.2 Å². The van der Waals surface area contributed by atoms with Crippen LogP contribution in [0.15, 0.2) is 24.3 Å². The van der Waals surface area contributed by atoms with Crippen LogP contribution in [0.25, 0.3) is 17.3 Å². The quantitative estimate of drug-likeness (QED) is 0.0500. The van der Waals surface area contributed by atoms with Crippen LogP contribution in [0.2, 0.25) is 0 Å². The van der Waals surface area contributed by atoms with Gasteiger partial charge in [-0.25, -0.2) is 19.2 Å². The number of rotatable bonds is 19. The van der Waals surface area contributed by atoms with Crippen LogP contribution in [0.4, 0.5) is 10.3 Å². The Balaban J connectivity index is 2.69. The Morgan fingerprint density at radius 3 is 2.43 bits per heavy atom. The molecular weight excluding hydrogens is 620 g/mol. The molecule has 1 aromatic heterocycles. The summed E-state index contributed by atoms with van der Waals surface area (Å²) in [5.41, 5.74) is 1.63. The van der Waals surface area contributed by atoms with Crippen molar-refractivity contribution in [3.05, 3.63) is 41.3 Å². The number of hydrogen-bond acceptors (Lipinski definition) is 14. The van der Waals surface area contributed by atoms with Crippen molar-refractivity contribution in [2.75, 3.05) is 45.1 Å². The molecular formula is C28H41FN3O10PS. The van der Waals surface area contributed by atoms with Crippen molar-refractivity contribution in [3.63, 3.8) is 0 Å². The lowest BCUT2D eigenvalue weighted by molar-refractivity contribution is -0.160. The van der Waals surface area contributed by atoms with Gasteiger partial charge in [-0.3, -0.25) is 13.7 Å². The van der Waals surface area contributed by atoms with Gasteiger partial charge in [-0.1, -0.05) is 26.0 Å². The van der Waals surface area contributed by atoms with E-state index in [0.29, 0.717) is 22.5 Å². The highest BCUT2D eigenvalue weighted by Gasteiger charge is 2.27. The Kier molecular flexibility index (Phi) is 15.7. The second-order valence-corrected chi connectivity index (χ2v) is 12.4. The van der Waals surface area contributed by atoms with E-state index >= 15 is 0 Å². The van der Waals surface area contributed by atoms with Gasteiger partial charge >= 0.3 is 13.6 Å². The maximum absolute atomic E-state index is 14.5. The molecule has 0 fully saturated rings. The normalized spacial score (nSPS) is 13.3. The average molecular weight is 662 g/mol. The number of esters is 1. The molecule has 0 spiro atoms. The van der Waals surface area contributed by atoms with Crippen LogP contribution >= 0.6 is 19.8 Å². The number of aliphatic hydroxyl groups excluding tert-OH is 2. The van der Waals surface area contributed by atoms with Gasteiger partial charge in [0.25, 0.3) is 0 Å². The lowest BCUT2D eigenvalue weighted by atomic mass is 9.96. The number of anilines is 1. The molecule has 44 heavy (non-hydrogen) atoms. The number of nitrogens with zero attached hydrogens (tertiary/aromatic N) is 3. The van der Waals surface area contributed by atoms with Gasteiger partial charge < -0.3 is 28.7 Å². The molecule has 16 heteroatoms. The summed E-state index contributed by atoms with van der Waals surface area (Å²) in [5, 5.41) is 20.8. The van der Waals surface area contributed by atoms with E-state index in [1.54, 1.807) is 27.0 Å². The van der Waals surface area contributed by atoms with E-state index in [2.05, 4.69) is 9.62 Å². The highest BCUT2D eigenvalue weighted by Crippen LogP contribution is 2.49. The molecule has 0 amide bonds. The summed E-state index contributed by atoms with van der Waals surface area (Å²) in [6.45, 7) is 7.37. The third kappa shape index (κ3) is 11.4. The van der Waals surface area contributed by atoms with E-state index in [9.17, 15) is 24.0 Å². The summed E-state index contributed by atoms with van der Waals surface area (Å²) in [7, 11) is 0.545. The van der Waals surface area contributed by atoms with E-state index in [0.717, 1.165) is 18.3 Å². The Morgan fingerprint density at radius 2 is 1.84 bits per heavy atom. The number of ether oxygens (including phenoxy) is 2. The van der Waals surface area contributed by atoms with E-state index in [1.807, 2.05) is 13.8 Å². The number of hydrogen-bond donors (Lipinski definition) is 2. The van der Waals surface area contributed by atoms with Crippen LogP contribution in [-0.2, 0) is 32.4 Å². The van der Waals surface area contributed by atoms with Gasteiger partial charge in [0.2, 0.25) is 5.95 Å². The predicted molar refractivity (Wildman–Crippen MR) is 164 cm³/mol. The third-order valence-corrected chi connectivity index (χ3v) is 8.19. The smallest absolute Gasteiger partial charge is 0.367 e. The second-order valence-electron chi connectivity index (χ2n) is 9.59. The molecule has 1 heterocycles. The molecule has 2 aromatic rings. The van der Waals surface area contributed by atoms with Crippen molar-refractivity contribution in [2.45, 2.75) is 58.7 Å². The first-order valence-corrected chi connectivity index (χ1v) is 16.3. The van der Waals surface area contributed by atoms with E-state index < -0.39 is 37.9 Å². The average Bonchev–Trinajstić information content (AvgIpc) is 2.97. The standard InChI is InChI=1S/C28H41FN3O10PS/c1-8-40-43(36,41-9-2)17-39-24-14-19(29)10-12-22(24)27-23(13-11-20(33)15-21(34)16-25(35)37-6)26(18(3)4)30-28(31-27)32(5)44-42-38-7/h10-14,18,20-21,33-34H,8-9,15-17H2,1-7H3/b13-11+/t20-,21-/m1/s1. The van der Waals surface area contributed by atoms with Gasteiger partial charge in [0.05, 0.1) is 57.4 Å². The minimum Gasteiger partial charge on any atom is -0.480 e. The van der Waals surface area contributed by atoms with Gasteiger partial charge in [0.15, 0.2) is 18.6 Å². The fourth-order valence-electron chi connectivity index (χ4n) is 3.92. The molecule has 1 aromatic carbocycles. The van der Waals surface area contributed by atoms with Gasteiger partial charge in [-0.15, -0.1) is 4.33 Å². The van der Waals surface area contributed by atoms with Crippen LogP contribution in [0, 0.1) is 5.82 Å². The van der Waals surface area contributed by atoms with E-state index in [4.69, 9.17) is 28.1 Å². The molecule has 0 unspecified atom stereocenters. The van der Waals surface area contributed by atoms with Crippen molar-refractivity contribution in [3.8, 4) is 17.0 Å². The first kappa shape index (κ1) is 37.6. The zero-order valence-electron chi connectivity index (χ0n) is 25.9. The molecule has 0 radical (unpaired) electrons. The first-order chi connectivity index (χ1) is 20.9. The zero-order chi connectivity index (χ0) is 32.9. The van der Waals surface area contributed by atoms with Crippen molar-refractivity contribution in [1.82, 2.24) is 9.97 Å². The number of carbonyl (C=O) groups excluding carboxylic acids is 1. The summed E-state index contributed by atoms with van der Waals surface area (Å²) in [6.07, 6.45) is -0.176. The van der Waals surface area contributed by atoms with Crippen molar-refractivity contribution < 1.29 is 51.7 Å². The largest absolute Gasteiger partial charge is 0.480 e. The molecule has 13 nitrogen and oxygen atoms in total. The predicted octanol–water partition coefficient (Wildman–Crippen LogP) is 5.27. The highest BCUT2D eigenvalue weighted by molar-refractivity contribution is 7.95. The van der Waals surface area contributed by atoms with Crippen molar-refractivity contribution in [2.24, 2.45) is 0 Å². The van der Waals surface area contributed by atoms with Gasteiger partial charge in [-0.05, 0) is 31.9 Å². The minimum atomic E-state index is -3.66. The van der Waals surface area contributed by atoms with Crippen LogP contribution in [0.5, 0.6) is 5.75 Å². The van der Waals surface area contributed by atoms with Gasteiger partial charge in [0, 0.05) is 30.7 Å². The summed E-state index contributed by atoms with van der Waals surface area (Å²) < 4.78 is 55.2. The highest BCUT2D eigenvalue weighted by atomic mass is 32.2. The number of aliphatic hydroxyl groups is 2. The monoisotopic (exact) mass is 661 g/mol. The number of carbonyl (C=O) groups is 1. The molecule has 2 N–H and O–H groups in total. The lowest BCUT2D eigenvalue weighted by Crippen LogP contribution is -2.20. The number of aromatic nitrogens is 2. The number of benzene rings is 1. The molecule has 0 aliphatic heterocycles. The minimum absolute atomic E-state index is 0.0103. The topological polar surface area (TPSA) is 159 Å². The van der Waals surface area contributed by atoms with Gasteiger partial charge in [-0.2, -0.15) is 0 Å². The summed E-state index contributed by atoms with van der Waals surface area (Å²) in [4.78, 5) is 25.6. The maximum atomic E-state index is 14.5.